The van der Waals surface area contributed by atoms with Crippen LogP contribution in [0.4, 0.5) is 5.69 Å². The number of carbonyl (C=O) groups is 1. The number of para-hydroxylation sites is 1. The van der Waals surface area contributed by atoms with Crippen LogP contribution in [0.3, 0.4) is 0 Å². The molecule has 0 amide bonds. The maximum Gasteiger partial charge on any atom is 0.340 e. The summed E-state index contributed by atoms with van der Waals surface area (Å²) in [5.41, 5.74) is 3.10. The van der Waals surface area contributed by atoms with Crippen molar-refractivity contribution >= 4 is 33.6 Å². The highest BCUT2D eigenvalue weighted by molar-refractivity contribution is 5.96. The van der Waals surface area contributed by atoms with Crippen LogP contribution in [0, 0.1) is 6.92 Å². The number of anilines is 1. The smallest absolute Gasteiger partial charge is 0.340 e. The molecule has 7 heteroatoms. The molecule has 0 radical (unpaired) electrons. The van der Waals surface area contributed by atoms with Crippen LogP contribution in [0.25, 0.3) is 33.5 Å². The second-order valence-corrected chi connectivity index (χ2v) is 10.1. The third-order valence-corrected chi connectivity index (χ3v) is 5.95. The first-order chi connectivity index (χ1) is 17.6. The molecular formula is C30H28N2O5. The Hall–Kier alpha value is -4.39. The predicted octanol–water partition coefficient (Wildman–Crippen LogP) is 7.04. The van der Waals surface area contributed by atoms with Gasteiger partial charge >= 0.3 is 5.97 Å². The fourth-order valence-corrected chi connectivity index (χ4v) is 4.31. The highest BCUT2D eigenvalue weighted by atomic mass is 16.6. The standard InChI is InChI=1S/C30H28N2O5/c1-17-12-21(18(2)32-23-9-7-6-8-20(23)29(34)37-30(3,4)5)28-22(13-17)24(33)15-27(36-28)26-14-19-16-31-11-10-25(19)35-26/h6-16,18,32H,1-5H3. The molecule has 0 spiro atoms. The zero-order chi connectivity index (χ0) is 26.3. The monoisotopic (exact) mass is 496 g/mol. The van der Waals surface area contributed by atoms with Crippen LogP contribution in [0.2, 0.25) is 0 Å². The molecule has 188 valence electrons. The SMILES string of the molecule is Cc1cc(C(C)Nc2ccccc2C(=O)OC(C)(C)C)c2oc(-c3cc4cnccc4o3)cc(=O)c2c1. The number of ether oxygens (including phenoxy) is 1. The summed E-state index contributed by atoms with van der Waals surface area (Å²) in [5.74, 6) is 0.370. The molecule has 1 atom stereocenters. The van der Waals surface area contributed by atoms with Crippen molar-refractivity contribution in [1.82, 2.24) is 4.98 Å². The van der Waals surface area contributed by atoms with E-state index < -0.39 is 11.6 Å². The summed E-state index contributed by atoms with van der Waals surface area (Å²) in [6, 6.07) is 15.7. The minimum absolute atomic E-state index is 0.166. The summed E-state index contributed by atoms with van der Waals surface area (Å²) in [6.07, 6.45) is 3.35. The molecule has 1 unspecified atom stereocenters. The Kier molecular flexibility index (Phi) is 6.07. The van der Waals surface area contributed by atoms with Crippen molar-refractivity contribution in [2.75, 3.05) is 5.32 Å². The minimum atomic E-state index is -0.616. The number of nitrogens with one attached hydrogen (secondary N) is 1. The van der Waals surface area contributed by atoms with Crippen molar-refractivity contribution < 1.29 is 18.4 Å². The molecule has 7 nitrogen and oxygen atoms in total. The van der Waals surface area contributed by atoms with E-state index >= 15 is 0 Å². The maximum atomic E-state index is 13.2. The quantitative estimate of drug-likeness (QED) is 0.261. The molecular weight excluding hydrogens is 468 g/mol. The molecule has 2 aromatic carbocycles. The number of hydrogen-bond acceptors (Lipinski definition) is 7. The summed E-state index contributed by atoms with van der Waals surface area (Å²) in [6.45, 7) is 9.39. The lowest BCUT2D eigenvalue weighted by Gasteiger charge is -2.22. The maximum absolute atomic E-state index is 13.2. The summed E-state index contributed by atoms with van der Waals surface area (Å²) in [5, 5.41) is 4.71. The Labute approximate surface area is 214 Å². The topological polar surface area (TPSA) is 94.6 Å². The molecule has 3 aromatic heterocycles. The van der Waals surface area contributed by atoms with Crippen molar-refractivity contribution in [3.63, 3.8) is 0 Å². The van der Waals surface area contributed by atoms with E-state index in [1.807, 2.05) is 58.9 Å². The van der Waals surface area contributed by atoms with E-state index in [-0.39, 0.29) is 11.5 Å². The third-order valence-electron chi connectivity index (χ3n) is 5.95. The van der Waals surface area contributed by atoms with Crippen LogP contribution in [0.5, 0.6) is 0 Å². The summed E-state index contributed by atoms with van der Waals surface area (Å²) < 4.78 is 17.8. The van der Waals surface area contributed by atoms with E-state index in [0.29, 0.717) is 39.3 Å². The van der Waals surface area contributed by atoms with Gasteiger partial charge in [0.05, 0.1) is 17.0 Å². The van der Waals surface area contributed by atoms with Gasteiger partial charge < -0.3 is 18.9 Å². The van der Waals surface area contributed by atoms with Crippen molar-refractivity contribution in [2.45, 2.75) is 46.3 Å². The Balaban J connectivity index is 1.57. The highest BCUT2D eigenvalue weighted by Crippen LogP contribution is 2.33. The minimum Gasteiger partial charge on any atom is -0.456 e. The molecule has 0 fully saturated rings. The van der Waals surface area contributed by atoms with E-state index in [2.05, 4.69) is 10.3 Å². The molecule has 5 aromatic rings. The van der Waals surface area contributed by atoms with Gasteiger partial charge in [-0.3, -0.25) is 9.78 Å². The number of aryl methyl sites for hydroxylation is 1. The number of benzene rings is 2. The number of aromatic nitrogens is 1. The highest BCUT2D eigenvalue weighted by Gasteiger charge is 2.22. The van der Waals surface area contributed by atoms with Gasteiger partial charge in [0, 0.05) is 35.1 Å². The average Bonchev–Trinajstić information content (AvgIpc) is 3.27. The number of nitrogens with zero attached hydrogens (tertiary/aromatic N) is 1. The number of pyridine rings is 1. The summed E-state index contributed by atoms with van der Waals surface area (Å²) >= 11 is 0. The second kappa shape index (κ2) is 9.24. The molecule has 0 bridgehead atoms. The van der Waals surface area contributed by atoms with Crippen molar-refractivity contribution in [2.24, 2.45) is 0 Å². The van der Waals surface area contributed by atoms with E-state index in [9.17, 15) is 9.59 Å². The Morgan fingerprint density at radius 1 is 1.03 bits per heavy atom. The molecule has 3 heterocycles. The first-order valence-corrected chi connectivity index (χ1v) is 12.1. The zero-order valence-electron chi connectivity index (χ0n) is 21.4. The molecule has 0 saturated carbocycles. The first kappa shape index (κ1) is 24.3. The molecule has 5 rings (SSSR count). The second-order valence-electron chi connectivity index (χ2n) is 10.1. The van der Waals surface area contributed by atoms with E-state index in [0.717, 1.165) is 16.5 Å². The number of esters is 1. The fourth-order valence-electron chi connectivity index (χ4n) is 4.31. The van der Waals surface area contributed by atoms with Crippen LogP contribution in [0.15, 0.2) is 80.6 Å². The summed E-state index contributed by atoms with van der Waals surface area (Å²) in [4.78, 5) is 30.1. The Bertz CT molecular complexity index is 1660. The van der Waals surface area contributed by atoms with E-state index in [4.69, 9.17) is 13.6 Å². The first-order valence-electron chi connectivity index (χ1n) is 12.1. The van der Waals surface area contributed by atoms with Gasteiger partial charge in [0.2, 0.25) is 0 Å². The van der Waals surface area contributed by atoms with Crippen LogP contribution in [-0.4, -0.2) is 16.6 Å². The van der Waals surface area contributed by atoms with Crippen LogP contribution >= 0.6 is 0 Å². The summed E-state index contributed by atoms with van der Waals surface area (Å²) in [7, 11) is 0. The number of carbonyl (C=O) groups excluding carboxylic acids is 1. The zero-order valence-corrected chi connectivity index (χ0v) is 21.4. The normalized spacial score (nSPS) is 12.6. The number of hydrogen-bond donors (Lipinski definition) is 1. The number of fused-ring (bicyclic) bond motifs is 2. The van der Waals surface area contributed by atoms with E-state index in [1.54, 1.807) is 36.7 Å². The van der Waals surface area contributed by atoms with E-state index in [1.165, 1.54) is 6.07 Å². The van der Waals surface area contributed by atoms with Gasteiger partial charge in [-0.15, -0.1) is 0 Å². The van der Waals surface area contributed by atoms with Gasteiger partial charge in [0.25, 0.3) is 0 Å². The van der Waals surface area contributed by atoms with Crippen LogP contribution < -0.4 is 10.7 Å². The number of rotatable bonds is 5. The van der Waals surface area contributed by atoms with Gasteiger partial charge in [-0.05, 0) is 70.5 Å². The average molecular weight is 497 g/mol. The number of furan rings is 1. The Morgan fingerprint density at radius 3 is 2.54 bits per heavy atom. The van der Waals surface area contributed by atoms with Crippen molar-refractivity contribution in [3.05, 3.63) is 93.9 Å². The van der Waals surface area contributed by atoms with Gasteiger partial charge in [-0.1, -0.05) is 18.2 Å². The Morgan fingerprint density at radius 2 is 1.78 bits per heavy atom. The molecule has 0 aliphatic heterocycles. The van der Waals surface area contributed by atoms with Crippen LogP contribution in [0.1, 0.15) is 55.2 Å². The van der Waals surface area contributed by atoms with Gasteiger partial charge in [-0.2, -0.15) is 0 Å². The van der Waals surface area contributed by atoms with Gasteiger partial charge in [0.1, 0.15) is 16.8 Å². The fraction of sp³-hybridized carbons (Fsp3) is 0.233. The lowest BCUT2D eigenvalue weighted by atomic mass is 10.0. The predicted molar refractivity (Wildman–Crippen MR) is 144 cm³/mol. The largest absolute Gasteiger partial charge is 0.456 e. The molecule has 0 aliphatic carbocycles. The molecule has 0 saturated heterocycles. The van der Waals surface area contributed by atoms with Crippen molar-refractivity contribution in [1.29, 1.82) is 0 Å². The van der Waals surface area contributed by atoms with Crippen LogP contribution in [-0.2, 0) is 4.74 Å². The van der Waals surface area contributed by atoms with Gasteiger partial charge in [0.15, 0.2) is 16.9 Å². The molecule has 37 heavy (non-hydrogen) atoms. The molecule has 0 aliphatic rings. The van der Waals surface area contributed by atoms with Crippen molar-refractivity contribution in [3.8, 4) is 11.5 Å². The third kappa shape index (κ3) is 4.98. The molecule has 1 N–H and O–H groups in total. The van der Waals surface area contributed by atoms with Gasteiger partial charge in [-0.25, -0.2) is 4.79 Å². The lowest BCUT2D eigenvalue weighted by Crippen LogP contribution is -2.24. The lowest BCUT2D eigenvalue weighted by molar-refractivity contribution is 0.00706.